The van der Waals surface area contributed by atoms with Gasteiger partial charge in [-0.1, -0.05) is 48.5 Å². The molecule has 0 unspecified atom stereocenters. The zero-order chi connectivity index (χ0) is 28.7. The molecular formula is C31H26F3N3O2S. The Kier molecular flexibility index (Phi) is 8.96. The van der Waals surface area contributed by atoms with Crippen molar-refractivity contribution in [1.29, 1.82) is 0 Å². The van der Waals surface area contributed by atoms with Gasteiger partial charge < -0.3 is 16.4 Å². The molecule has 0 saturated heterocycles. The topological polar surface area (TPSA) is 84.2 Å². The van der Waals surface area contributed by atoms with Gasteiger partial charge in [0.05, 0.1) is 16.9 Å². The number of anilines is 2. The van der Waals surface area contributed by atoms with Gasteiger partial charge in [-0.05, 0) is 77.6 Å². The Bertz CT molecular complexity index is 1520. The highest BCUT2D eigenvalue weighted by Crippen LogP contribution is 2.30. The summed E-state index contributed by atoms with van der Waals surface area (Å²) in [5, 5.41) is 5.59. The maximum atomic E-state index is 13.3. The number of benzene rings is 4. The summed E-state index contributed by atoms with van der Waals surface area (Å²) >= 11 is 1.58. The Morgan fingerprint density at radius 2 is 1.48 bits per heavy atom. The zero-order valence-corrected chi connectivity index (χ0v) is 22.3. The molecule has 4 aromatic rings. The van der Waals surface area contributed by atoms with Crippen molar-refractivity contribution >= 4 is 46.6 Å². The Balaban J connectivity index is 1.49. The van der Waals surface area contributed by atoms with Gasteiger partial charge in [0.2, 0.25) is 0 Å². The molecule has 4 N–H and O–H groups in total. The lowest BCUT2D eigenvalue weighted by Crippen LogP contribution is -2.24. The number of carbonyl (C=O) groups is 2. The molecule has 0 saturated carbocycles. The Morgan fingerprint density at radius 3 is 2.08 bits per heavy atom. The molecule has 0 fully saturated rings. The molecule has 4 aromatic carbocycles. The summed E-state index contributed by atoms with van der Waals surface area (Å²) in [6.07, 6.45) is -0.885. The summed E-state index contributed by atoms with van der Waals surface area (Å²) in [4.78, 5) is 26.9. The molecule has 0 aliphatic rings. The molecule has 0 aliphatic heterocycles. The third-order valence-corrected chi connectivity index (χ3v) is 6.82. The second-order valence-corrected chi connectivity index (χ2v) is 9.71. The quantitative estimate of drug-likeness (QED) is 0.0926. The summed E-state index contributed by atoms with van der Waals surface area (Å²) in [7, 11) is 0. The number of amides is 2. The second kappa shape index (κ2) is 12.6. The van der Waals surface area contributed by atoms with Gasteiger partial charge in [-0.2, -0.15) is 13.2 Å². The van der Waals surface area contributed by atoms with Crippen molar-refractivity contribution in [3.8, 4) is 0 Å². The zero-order valence-electron chi connectivity index (χ0n) is 21.5. The average molecular weight is 562 g/mol. The number of alkyl halides is 3. The molecule has 40 heavy (non-hydrogen) atoms. The third kappa shape index (κ3) is 7.33. The van der Waals surface area contributed by atoms with Crippen LogP contribution < -0.4 is 16.4 Å². The molecule has 0 aromatic heterocycles. The maximum Gasteiger partial charge on any atom is 0.416 e. The van der Waals surface area contributed by atoms with Crippen LogP contribution in [0, 0.1) is 0 Å². The van der Waals surface area contributed by atoms with Crippen molar-refractivity contribution in [3.05, 3.63) is 125 Å². The van der Waals surface area contributed by atoms with Crippen LogP contribution in [0.1, 0.15) is 32.6 Å². The largest absolute Gasteiger partial charge is 0.416 e. The SMILES string of the molecule is CSc1ccc(/C=C(/C(=O)NCc2ccc(C(=O)Nc3ccccc3N)cc2)c2ccc(C(F)(F)F)cc2)cc1. The maximum absolute atomic E-state index is 13.3. The fourth-order valence-electron chi connectivity index (χ4n) is 3.84. The van der Waals surface area contributed by atoms with E-state index < -0.39 is 17.6 Å². The van der Waals surface area contributed by atoms with E-state index in [1.54, 1.807) is 66.4 Å². The number of nitrogens with one attached hydrogen (secondary N) is 2. The molecule has 0 radical (unpaired) electrons. The first kappa shape index (κ1) is 28.5. The first-order valence-electron chi connectivity index (χ1n) is 12.2. The van der Waals surface area contributed by atoms with E-state index in [0.717, 1.165) is 28.2 Å². The molecule has 0 heterocycles. The lowest BCUT2D eigenvalue weighted by atomic mass is 10.00. The molecule has 0 aliphatic carbocycles. The highest BCUT2D eigenvalue weighted by molar-refractivity contribution is 7.98. The van der Waals surface area contributed by atoms with Gasteiger partial charge in [0.1, 0.15) is 0 Å². The van der Waals surface area contributed by atoms with Crippen molar-refractivity contribution in [2.45, 2.75) is 17.6 Å². The number of nitrogen functional groups attached to an aromatic ring is 1. The van der Waals surface area contributed by atoms with Crippen molar-refractivity contribution in [1.82, 2.24) is 5.32 Å². The van der Waals surface area contributed by atoms with Crippen LogP contribution in [-0.4, -0.2) is 18.1 Å². The van der Waals surface area contributed by atoms with Gasteiger partial charge in [-0.25, -0.2) is 0 Å². The average Bonchev–Trinajstić information content (AvgIpc) is 2.96. The number of hydrogen-bond donors (Lipinski definition) is 3. The molecule has 204 valence electrons. The monoisotopic (exact) mass is 561 g/mol. The van der Waals surface area contributed by atoms with E-state index in [-0.39, 0.29) is 18.0 Å². The number of hydrogen-bond acceptors (Lipinski definition) is 4. The van der Waals surface area contributed by atoms with Gasteiger partial charge in [0.25, 0.3) is 11.8 Å². The van der Waals surface area contributed by atoms with E-state index in [0.29, 0.717) is 22.5 Å². The fraction of sp³-hybridized carbons (Fsp3) is 0.0968. The molecule has 2 amide bonds. The second-order valence-electron chi connectivity index (χ2n) is 8.83. The van der Waals surface area contributed by atoms with Crippen molar-refractivity contribution in [2.75, 3.05) is 17.3 Å². The summed E-state index contributed by atoms with van der Waals surface area (Å²) < 4.78 is 39.3. The van der Waals surface area contributed by atoms with E-state index in [1.165, 1.54) is 12.1 Å². The molecule has 9 heteroatoms. The van der Waals surface area contributed by atoms with Crippen LogP contribution in [0.4, 0.5) is 24.5 Å². The summed E-state index contributed by atoms with van der Waals surface area (Å²) in [6, 6.07) is 25.6. The van der Waals surface area contributed by atoms with Crippen LogP contribution >= 0.6 is 11.8 Å². The fourth-order valence-corrected chi connectivity index (χ4v) is 4.25. The molecule has 0 atom stereocenters. The summed E-state index contributed by atoms with van der Waals surface area (Å²) in [5.74, 6) is -0.774. The lowest BCUT2D eigenvalue weighted by Gasteiger charge is -2.12. The van der Waals surface area contributed by atoms with Crippen molar-refractivity contribution in [3.63, 3.8) is 0 Å². The van der Waals surface area contributed by atoms with Gasteiger partial charge in [-0.3, -0.25) is 9.59 Å². The molecule has 4 rings (SSSR count). The van der Waals surface area contributed by atoms with E-state index in [9.17, 15) is 22.8 Å². The predicted octanol–water partition coefficient (Wildman–Crippen LogP) is 7.12. The van der Waals surface area contributed by atoms with Crippen molar-refractivity contribution < 1.29 is 22.8 Å². The highest BCUT2D eigenvalue weighted by atomic mass is 32.2. The Morgan fingerprint density at radius 1 is 0.850 bits per heavy atom. The number of halogens is 3. The highest BCUT2D eigenvalue weighted by Gasteiger charge is 2.30. The molecule has 0 bridgehead atoms. The minimum atomic E-state index is -4.48. The normalized spacial score (nSPS) is 11.7. The van der Waals surface area contributed by atoms with Crippen LogP contribution in [0.15, 0.2) is 102 Å². The lowest BCUT2D eigenvalue weighted by molar-refractivity contribution is -0.137. The van der Waals surface area contributed by atoms with Gasteiger partial charge in [0, 0.05) is 22.6 Å². The van der Waals surface area contributed by atoms with E-state index in [2.05, 4.69) is 10.6 Å². The number of carbonyl (C=O) groups excluding carboxylic acids is 2. The van der Waals surface area contributed by atoms with Crippen LogP contribution in [-0.2, 0) is 17.5 Å². The van der Waals surface area contributed by atoms with Crippen molar-refractivity contribution in [2.24, 2.45) is 0 Å². The van der Waals surface area contributed by atoms with E-state index >= 15 is 0 Å². The minimum absolute atomic E-state index is 0.149. The summed E-state index contributed by atoms with van der Waals surface area (Å²) in [6.45, 7) is 0.149. The van der Waals surface area contributed by atoms with Crippen LogP contribution in [0.3, 0.4) is 0 Å². The number of thioether (sulfide) groups is 1. The van der Waals surface area contributed by atoms with Crippen LogP contribution in [0.25, 0.3) is 11.6 Å². The van der Waals surface area contributed by atoms with E-state index in [4.69, 9.17) is 5.73 Å². The minimum Gasteiger partial charge on any atom is -0.397 e. The van der Waals surface area contributed by atoms with Gasteiger partial charge in [-0.15, -0.1) is 11.8 Å². The first-order valence-corrected chi connectivity index (χ1v) is 13.4. The summed E-state index contributed by atoms with van der Waals surface area (Å²) in [5.41, 5.74) is 8.51. The number of nitrogens with two attached hydrogens (primary N) is 1. The van der Waals surface area contributed by atoms with E-state index in [1.807, 2.05) is 30.5 Å². The van der Waals surface area contributed by atoms with Crippen LogP contribution in [0.2, 0.25) is 0 Å². The molecule has 0 spiro atoms. The predicted molar refractivity (Wildman–Crippen MR) is 155 cm³/mol. The standard InChI is InChI=1S/C31H26F3N3O2S/c1-40-25-16-8-20(9-17-25)18-26(22-12-14-24(15-13-22)31(32,33)34)30(39)36-19-21-6-10-23(11-7-21)29(38)37-28-5-3-2-4-27(28)35/h2-18H,19,35H2,1H3,(H,36,39)(H,37,38)/b26-18+. The Hall–Kier alpha value is -4.50. The number of rotatable bonds is 8. The van der Waals surface area contributed by atoms with Gasteiger partial charge >= 0.3 is 6.18 Å². The van der Waals surface area contributed by atoms with Gasteiger partial charge in [0.15, 0.2) is 0 Å². The Labute approximate surface area is 234 Å². The number of para-hydroxylation sites is 2. The van der Waals surface area contributed by atoms with Crippen LogP contribution in [0.5, 0.6) is 0 Å². The smallest absolute Gasteiger partial charge is 0.397 e. The third-order valence-electron chi connectivity index (χ3n) is 6.07. The first-order chi connectivity index (χ1) is 19.1. The molecular weight excluding hydrogens is 535 g/mol. The molecule has 5 nitrogen and oxygen atoms in total.